The molecule has 0 amide bonds. The lowest BCUT2D eigenvalue weighted by Crippen LogP contribution is -1.98. The lowest BCUT2D eigenvalue weighted by atomic mass is 10.1. The number of rotatable bonds is 4. The first-order valence-electron chi connectivity index (χ1n) is 5.88. The second kappa shape index (κ2) is 5.95. The Morgan fingerprint density at radius 1 is 1.31 bits per heavy atom. The molecule has 1 aromatic rings. The zero-order chi connectivity index (χ0) is 11.4. The van der Waals surface area contributed by atoms with Gasteiger partial charge >= 0.3 is 0 Å². The van der Waals surface area contributed by atoms with Crippen molar-refractivity contribution in [3.63, 3.8) is 0 Å². The Morgan fingerprint density at radius 3 is 2.69 bits per heavy atom. The van der Waals surface area contributed by atoms with Crippen LogP contribution in [0.25, 0.3) is 0 Å². The molecule has 1 aromatic carbocycles. The molecule has 1 aliphatic carbocycles. The summed E-state index contributed by atoms with van der Waals surface area (Å²) in [5.74, 6) is 1.04. The molecule has 0 unspecified atom stereocenters. The van der Waals surface area contributed by atoms with Gasteiger partial charge in [0, 0.05) is 22.6 Å². The molecule has 0 atom stereocenters. The first-order valence-corrected chi connectivity index (χ1v) is 7.31. The summed E-state index contributed by atoms with van der Waals surface area (Å²) in [7, 11) is 0. The van der Waals surface area contributed by atoms with Crippen LogP contribution in [-0.4, -0.2) is 5.25 Å². The first kappa shape index (κ1) is 12.3. The van der Waals surface area contributed by atoms with Gasteiger partial charge in [-0.05, 0) is 30.0 Å². The van der Waals surface area contributed by atoms with Crippen molar-refractivity contribution in [2.24, 2.45) is 5.73 Å². The molecule has 0 radical (unpaired) electrons. The smallest absolute Gasteiger partial charge is 0.0449 e. The number of hydrogen-bond acceptors (Lipinski definition) is 2. The zero-order valence-electron chi connectivity index (χ0n) is 9.42. The maximum absolute atomic E-state index is 6.22. The van der Waals surface area contributed by atoms with Gasteiger partial charge in [0.2, 0.25) is 0 Å². The van der Waals surface area contributed by atoms with E-state index in [1.807, 2.05) is 17.8 Å². The average molecular weight is 256 g/mol. The number of halogens is 1. The van der Waals surface area contributed by atoms with Crippen molar-refractivity contribution >= 4 is 23.4 Å². The normalized spacial score (nSPS) is 16.9. The maximum Gasteiger partial charge on any atom is 0.0449 e. The van der Waals surface area contributed by atoms with Crippen molar-refractivity contribution < 1.29 is 0 Å². The third-order valence-corrected chi connectivity index (χ3v) is 4.90. The molecule has 2 N–H and O–H groups in total. The highest BCUT2D eigenvalue weighted by Gasteiger charge is 2.15. The van der Waals surface area contributed by atoms with Crippen LogP contribution in [-0.2, 0) is 12.3 Å². The predicted octanol–water partition coefficient (Wildman–Crippen LogP) is 3.97. The molecule has 1 aliphatic rings. The third kappa shape index (κ3) is 3.16. The number of thioether (sulfide) groups is 1. The van der Waals surface area contributed by atoms with E-state index in [2.05, 4.69) is 12.1 Å². The van der Waals surface area contributed by atoms with Crippen molar-refractivity contribution in [2.45, 2.75) is 43.2 Å². The molecule has 0 saturated heterocycles. The Labute approximate surface area is 107 Å². The molecular weight excluding hydrogens is 238 g/mol. The minimum Gasteiger partial charge on any atom is -0.326 e. The van der Waals surface area contributed by atoms with Gasteiger partial charge in [-0.1, -0.05) is 36.6 Å². The van der Waals surface area contributed by atoms with Crippen LogP contribution < -0.4 is 5.73 Å². The second-order valence-corrected chi connectivity index (χ2v) is 6.04. The summed E-state index contributed by atoms with van der Waals surface area (Å²) < 4.78 is 0. The quantitative estimate of drug-likeness (QED) is 0.881. The molecule has 88 valence electrons. The monoisotopic (exact) mass is 255 g/mol. The molecular formula is C13H18ClNS. The van der Waals surface area contributed by atoms with Gasteiger partial charge in [-0.2, -0.15) is 11.8 Å². The van der Waals surface area contributed by atoms with E-state index in [-0.39, 0.29) is 0 Å². The summed E-state index contributed by atoms with van der Waals surface area (Å²) in [5, 5.41) is 1.72. The van der Waals surface area contributed by atoms with Crippen molar-refractivity contribution in [1.29, 1.82) is 0 Å². The molecule has 1 nitrogen and oxygen atoms in total. The van der Waals surface area contributed by atoms with Crippen LogP contribution in [0, 0.1) is 0 Å². The van der Waals surface area contributed by atoms with E-state index >= 15 is 0 Å². The van der Waals surface area contributed by atoms with Crippen molar-refractivity contribution in [3.05, 3.63) is 34.3 Å². The fourth-order valence-electron chi connectivity index (χ4n) is 2.10. The van der Waals surface area contributed by atoms with Crippen LogP contribution in [0.2, 0.25) is 5.02 Å². The number of benzene rings is 1. The van der Waals surface area contributed by atoms with Gasteiger partial charge in [-0.3, -0.25) is 0 Å². The molecule has 16 heavy (non-hydrogen) atoms. The Hall–Kier alpha value is -0.180. The SMILES string of the molecule is NCc1ccc(CSC2CCCC2)c(Cl)c1. The average Bonchev–Trinajstić information content (AvgIpc) is 2.80. The van der Waals surface area contributed by atoms with E-state index in [4.69, 9.17) is 17.3 Å². The van der Waals surface area contributed by atoms with E-state index in [9.17, 15) is 0 Å². The molecule has 0 spiro atoms. The zero-order valence-corrected chi connectivity index (χ0v) is 11.0. The van der Waals surface area contributed by atoms with Gasteiger partial charge in [-0.25, -0.2) is 0 Å². The molecule has 0 aromatic heterocycles. The fourth-order valence-corrected chi connectivity index (χ4v) is 3.78. The van der Waals surface area contributed by atoms with E-state index in [0.717, 1.165) is 21.6 Å². The standard InChI is InChI=1S/C13H18ClNS/c14-13-7-10(8-15)5-6-11(13)9-16-12-3-1-2-4-12/h5-7,12H,1-4,8-9,15H2. The van der Waals surface area contributed by atoms with Crippen LogP contribution in [0.4, 0.5) is 0 Å². The Kier molecular flexibility index (Phi) is 4.56. The topological polar surface area (TPSA) is 26.0 Å². The van der Waals surface area contributed by atoms with E-state index in [1.165, 1.54) is 31.2 Å². The summed E-state index contributed by atoms with van der Waals surface area (Å²) in [6.45, 7) is 0.565. The van der Waals surface area contributed by atoms with E-state index < -0.39 is 0 Å². The van der Waals surface area contributed by atoms with Crippen molar-refractivity contribution in [3.8, 4) is 0 Å². The lowest BCUT2D eigenvalue weighted by molar-refractivity contribution is 0.886. The van der Waals surface area contributed by atoms with Gasteiger partial charge in [0.05, 0.1) is 0 Å². The molecule has 0 heterocycles. The lowest BCUT2D eigenvalue weighted by Gasteiger charge is -2.10. The van der Waals surface area contributed by atoms with Gasteiger partial charge < -0.3 is 5.73 Å². The minimum absolute atomic E-state index is 0.565. The van der Waals surface area contributed by atoms with E-state index in [0.29, 0.717) is 6.54 Å². The van der Waals surface area contributed by atoms with Gasteiger partial charge in [0.15, 0.2) is 0 Å². The van der Waals surface area contributed by atoms with Crippen molar-refractivity contribution in [1.82, 2.24) is 0 Å². The molecule has 1 fully saturated rings. The summed E-state index contributed by atoms with van der Waals surface area (Å²) in [4.78, 5) is 0. The Balaban J connectivity index is 1.93. The van der Waals surface area contributed by atoms with E-state index in [1.54, 1.807) is 0 Å². The highest BCUT2D eigenvalue weighted by molar-refractivity contribution is 7.99. The highest BCUT2D eigenvalue weighted by atomic mass is 35.5. The van der Waals surface area contributed by atoms with Crippen LogP contribution in [0.5, 0.6) is 0 Å². The summed E-state index contributed by atoms with van der Waals surface area (Å²) in [5.41, 5.74) is 7.94. The minimum atomic E-state index is 0.565. The summed E-state index contributed by atoms with van der Waals surface area (Å²) >= 11 is 8.27. The van der Waals surface area contributed by atoms with Crippen LogP contribution in [0.1, 0.15) is 36.8 Å². The van der Waals surface area contributed by atoms with Crippen LogP contribution in [0.15, 0.2) is 18.2 Å². The van der Waals surface area contributed by atoms with Crippen LogP contribution >= 0.6 is 23.4 Å². The Bertz CT molecular complexity index is 348. The van der Waals surface area contributed by atoms with Gasteiger partial charge in [0.25, 0.3) is 0 Å². The Morgan fingerprint density at radius 2 is 2.06 bits per heavy atom. The summed E-state index contributed by atoms with van der Waals surface area (Å²) in [6.07, 6.45) is 5.56. The fraction of sp³-hybridized carbons (Fsp3) is 0.538. The molecule has 2 rings (SSSR count). The predicted molar refractivity (Wildman–Crippen MR) is 72.9 cm³/mol. The maximum atomic E-state index is 6.22. The van der Waals surface area contributed by atoms with Crippen LogP contribution in [0.3, 0.4) is 0 Å². The first-order chi connectivity index (χ1) is 7.79. The molecule has 1 saturated carbocycles. The molecule has 0 aliphatic heterocycles. The molecule has 3 heteroatoms. The van der Waals surface area contributed by atoms with Gasteiger partial charge in [0.1, 0.15) is 0 Å². The number of nitrogens with two attached hydrogens (primary N) is 1. The highest BCUT2D eigenvalue weighted by Crippen LogP contribution is 2.33. The summed E-state index contributed by atoms with van der Waals surface area (Å²) in [6, 6.07) is 6.19. The third-order valence-electron chi connectivity index (χ3n) is 3.13. The molecule has 0 bridgehead atoms. The largest absolute Gasteiger partial charge is 0.326 e. The van der Waals surface area contributed by atoms with Crippen molar-refractivity contribution in [2.75, 3.05) is 0 Å². The second-order valence-electron chi connectivity index (χ2n) is 4.35. The van der Waals surface area contributed by atoms with Gasteiger partial charge in [-0.15, -0.1) is 0 Å². The number of hydrogen-bond donors (Lipinski definition) is 1.